The van der Waals surface area contributed by atoms with Crippen molar-refractivity contribution in [1.82, 2.24) is 5.32 Å². The second kappa shape index (κ2) is 8.50. The van der Waals surface area contributed by atoms with E-state index in [-0.39, 0.29) is 12.4 Å². The summed E-state index contributed by atoms with van der Waals surface area (Å²) in [5.74, 6) is 1.84. The zero-order chi connectivity index (χ0) is 12.5. The van der Waals surface area contributed by atoms with Crippen molar-refractivity contribution in [3.05, 3.63) is 35.1 Å². The number of hydrogen-bond donors (Lipinski definition) is 2. The number of hydrogen-bond acceptors (Lipinski definition) is 3. The first-order valence-electron chi connectivity index (χ1n) is 5.88. The third-order valence-electron chi connectivity index (χ3n) is 2.50. The summed E-state index contributed by atoms with van der Waals surface area (Å²) in [6.45, 7) is 3.88. The summed E-state index contributed by atoms with van der Waals surface area (Å²) >= 11 is 1.82. The molecule has 2 N–H and O–H groups in total. The summed E-state index contributed by atoms with van der Waals surface area (Å²) in [6, 6.07) is 4.88. The van der Waals surface area contributed by atoms with Crippen LogP contribution in [0.4, 0.5) is 4.39 Å². The Morgan fingerprint density at radius 3 is 2.94 bits per heavy atom. The fraction of sp³-hybridized carbons (Fsp3) is 0.538. The molecule has 0 bridgehead atoms. The maximum atomic E-state index is 13.0. The van der Waals surface area contributed by atoms with Crippen LogP contribution in [0.5, 0.6) is 0 Å². The first-order chi connectivity index (χ1) is 8.24. The van der Waals surface area contributed by atoms with E-state index in [0.29, 0.717) is 6.54 Å². The van der Waals surface area contributed by atoms with Crippen molar-refractivity contribution in [3.63, 3.8) is 0 Å². The lowest BCUT2D eigenvalue weighted by atomic mass is 10.1. The molecule has 0 aliphatic carbocycles. The lowest BCUT2D eigenvalue weighted by Gasteiger charge is -2.07. The van der Waals surface area contributed by atoms with Gasteiger partial charge in [0.2, 0.25) is 0 Å². The van der Waals surface area contributed by atoms with Gasteiger partial charge in [-0.25, -0.2) is 4.39 Å². The Kier molecular flexibility index (Phi) is 7.24. The van der Waals surface area contributed by atoms with E-state index < -0.39 is 0 Å². The van der Waals surface area contributed by atoms with E-state index in [9.17, 15) is 4.39 Å². The van der Waals surface area contributed by atoms with Gasteiger partial charge in [-0.2, -0.15) is 11.8 Å². The van der Waals surface area contributed by atoms with Gasteiger partial charge in [0.1, 0.15) is 5.82 Å². The van der Waals surface area contributed by atoms with Crippen LogP contribution < -0.4 is 5.32 Å². The zero-order valence-corrected chi connectivity index (χ0v) is 11.0. The zero-order valence-electron chi connectivity index (χ0n) is 10.2. The van der Waals surface area contributed by atoms with Crippen LogP contribution in [-0.2, 0) is 6.54 Å². The van der Waals surface area contributed by atoms with Crippen molar-refractivity contribution >= 4 is 11.8 Å². The van der Waals surface area contributed by atoms with E-state index >= 15 is 0 Å². The average Bonchev–Trinajstić information content (AvgIpc) is 2.32. The molecule has 0 saturated heterocycles. The maximum absolute atomic E-state index is 13.0. The minimum Gasteiger partial charge on any atom is -0.396 e. The molecule has 1 aromatic rings. The Bertz CT molecular complexity index is 333. The molecule has 1 aromatic carbocycles. The summed E-state index contributed by atoms with van der Waals surface area (Å²) < 4.78 is 13.0. The summed E-state index contributed by atoms with van der Waals surface area (Å²) in [5.41, 5.74) is 2.14. The summed E-state index contributed by atoms with van der Waals surface area (Å²) in [7, 11) is 0. The van der Waals surface area contributed by atoms with E-state index in [0.717, 1.165) is 35.6 Å². The van der Waals surface area contributed by atoms with Crippen molar-refractivity contribution in [2.45, 2.75) is 19.9 Å². The van der Waals surface area contributed by atoms with Gasteiger partial charge in [0.15, 0.2) is 0 Å². The molecule has 0 aromatic heterocycles. The van der Waals surface area contributed by atoms with Gasteiger partial charge in [-0.1, -0.05) is 6.07 Å². The van der Waals surface area contributed by atoms with Crippen LogP contribution in [0.3, 0.4) is 0 Å². The highest BCUT2D eigenvalue weighted by Crippen LogP contribution is 2.09. The van der Waals surface area contributed by atoms with Gasteiger partial charge >= 0.3 is 0 Å². The smallest absolute Gasteiger partial charge is 0.123 e. The van der Waals surface area contributed by atoms with Crippen molar-refractivity contribution in [2.24, 2.45) is 0 Å². The van der Waals surface area contributed by atoms with Gasteiger partial charge in [0, 0.05) is 25.4 Å². The van der Waals surface area contributed by atoms with Crippen molar-refractivity contribution in [3.8, 4) is 0 Å². The van der Waals surface area contributed by atoms with Crippen molar-refractivity contribution in [1.29, 1.82) is 0 Å². The molecule has 0 radical (unpaired) electrons. The fourth-order valence-corrected chi connectivity index (χ4v) is 2.29. The Labute approximate surface area is 107 Å². The Hall–Kier alpha value is -0.580. The van der Waals surface area contributed by atoms with E-state index in [2.05, 4.69) is 5.32 Å². The molecule has 0 atom stereocenters. The molecule has 1 rings (SSSR count). The molecule has 0 aliphatic rings. The van der Waals surface area contributed by atoms with Gasteiger partial charge < -0.3 is 10.4 Å². The first kappa shape index (κ1) is 14.5. The molecular formula is C13H20FNOS. The van der Waals surface area contributed by atoms with Crippen molar-refractivity contribution < 1.29 is 9.50 Å². The molecule has 0 spiro atoms. The van der Waals surface area contributed by atoms with Gasteiger partial charge in [-0.05, 0) is 42.4 Å². The largest absolute Gasteiger partial charge is 0.396 e. The number of aliphatic hydroxyl groups excluding tert-OH is 1. The molecule has 2 nitrogen and oxygen atoms in total. The van der Waals surface area contributed by atoms with Crippen LogP contribution in [0.15, 0.2) is 18.2 Å². The number of benzene rings is 1. The molecule has 96 valence electrons. The number of rotatable bonds is 8. The Balaban J connectivity index is 2.15. The average molecular weight is 257 g/mol. The first-order valence-corrected chi connectivity index (χ1v) is 7.04. The van der Waals surface area contributed by atoms with Crippen LogP contribution in [0.2, 0.25) is 0 Å². The van der Waals surface area contributed by atoms with Crippen LogP contribution in [-0.4, -0.2) is 29.8 Å². The van der Waals surface area contributed by atoms with Crippen LogP contribution in [0, 0.1) is 12.7 Å². The van der Waals surface area contributed by atoms with E-state index in [1.165, 1.54) is 6.07 Å². The molecule has 0 amide bonds. The number of halogens is 1. The number of aliphatic hydroxyl groups is 1. The molecule has 0 aliphatic heterocycles. The van der Waals surface area contributed by atoms with Gasteiger partial charge in [-0.3, -0.25) is 0 Å². The highest BCUT2D eigenvalue weighted by Gasteiger charge is 1.99. The molecular weight excluding hydrogens is 237 g/mol. The molecule has 0 saturated carbocycles. The van der Waals surface area contributed by atoms with E-state index in [1.54, 1.807) is 6.07 Å². The normalized spacial score (nSPS) is 10.8. The molecule has 17 heavy (non-hydrogen) atoms. The summed E-state index contributed by atoms with van der Waals surface area (Å²) in [6.07, 6.45) is 0.855. The minimum absolute atomic E-state index is 0.176. The molecule has 0 fully saturated rings. The third-order valence-corrected chi connectivity index (χ3v) is 3.57. The molecule has 0 heterocycles. The van der Waals surface area contributed by atoms with Crippen molar-refractivity contribution in [2.75, 3.05) is 24.7 Å². The lowest BCUT2D eigenvalue weighted by molar-refractivity contribution is 0.296. The number of aryl methyl sites for hydroxylation is 1. The van der Waals surface area contributed by atoms with Crippen LogP contribution >= 0.6 is 11.8 Å². The topological polar surface area (TPSA) is 32.3 Å². The van der Waals surface area contributed by atoms with Crippen LogP contribution in [0.25, 0.3) is 0 Å². The van der Waals surface area contributed by atoms with Gasteiger partial charge in [0.25, 0.3) is 0 Å². The predicted molar refractivity (Wildman–Crippen MR) is 71.9 cm³/mol. The highest BCUT2D eigenvalue weighted by atomic mass is 32.2. The SMILES string of the molecule is Cc1ccc(F)cc1CNCCSCCCO. The van der Waals surface area contributed by atoms with E-state index in [1.807, 2.05) is 24.8 Å². The highest BCUT2D eigenvalue weighted by molar-refractivity contribution is 7.99. The Morgan fingerprint density at radius 2 is 2.18 bits per heavy atom. The number of nitrogens with one attached hydrogen (secondary N) is 1. The predicted octanol–water partition coefficient (Wildman–Crippen LogP) is 2.34. The van der Waals surface area contributed by atoms with E-state index in [4.69, 9.17) is 5.11 Å². The van der Waals surface area contributed by atoms with Gasteiger partial charge in [-0.15, -0.1) is 0 Å². The Morgan fingerprint density at radius 1 is 1.35 bits per heavy atom. The third kappa shape index (κ3) is 6.05. The standard InChI is InChI=1S/C13H20FNOS/c1-11-3-4-13(14)9-12(11)10-15-5-8-17-7-2-6-16/h3-4,9,15-16H,2,5-8,10H2,1H3. The second-order valence-electron chi connectivity index (χ2n) is 3.94. The van der Waals surface area contributed by atoms with Crippen LogP contribution in [0.1, 0.15) is 17.5 Å². The fourth-order valence-electron chi connectivity index (χ4n) is 1.47. The quantitative estimate of drug-likeness (QED) is 0.701. The lowest BCUT2D eigenvalue weighted by Crippen LogP contribution is -2.17. The monoisotopic (exact) mass is 257 g/mol. The summed E-state index contributed by atoms with van der Waals surface area (Å²) in [4.78, 5) is 0. The van der Waals surface area contributed by atoms with Gasteiger partial charge in [0.05, 0.1) is 0 Å². The molecule has 4 heteroatoms. The summed E-state index contributed by atoms with van der Waals surface area (Å²) in [5, 5.41) is 11.9. The number of thioether (sulfide) groups is 1. The second-order valence-corrected chi connectivity index (χ2v) is 5.16. The maximum Gasteiger partial charge on any atom is 0.123 e. The molecule has 0 unspecified atom stereocenters. The minimum atomic E-state index is -0.176.